The molecule has 36 heavy (non-hydrogen) atoms. The number of aryl methyl sites for hydroxylation is 1. The van der Waals surface area contributed by atoms with Gasteiger partial charge in [0.05, 0.1) is 17.6 Å². The molecule has 2 aliphatic rings. The van der Waals surface area contributed by atoms with Crippen LogP contribution in [0.1, 0.15) is 24.1 Å². The first-order chi connectivity index (χ1) is 17.7. The molecule has 0 saturated heterocycles. The van der Waals surface area contributed by atoms with E-state index in [1.807, 2.05) is 29.1 Å². The van der Waals surface area contributed by atoms with Gasteiger partial charge in [-0.3, -0.25) is 4.72 Å². The lowest BCUT2D eigenvalue weighted by Gasteiger charge is -2.19. The van der Waals surface area contributed by atoms with E-state index < -0.39 is 0 Å². The Bertz CT molecular complexity index is 1460. The van der Waals surface area contributed by atoms with Crippen molar-refractivity contribution in [1.29, 1.82) is 0 Å². The van der Waals surface area contributed by atoms with Crippen LogP contribution in [0.3, 0.4) is 0 Å². The summed E-state index contributed by atoms with van der Waals surface area (Å²) in [6.07, 6.45) is 7.13. The number of fused-ring (bicyclic) bond motifs is 3. The van der Waals surface area contributed by atoms with E-state index in [1.165, 1.54) is 33.9 Å². The summed E-state index contributed by atoms with van der Waals surface area (Å²) in [5.41, 5.74) is 4.65. The molecule has 0 bridgehead atoms. The summed E-state index contributed by atoms with van der Waals surface area (Å²) in [7, 11) is 0. The molecule has 2 N–H and O–H groups in total. The van der Waals surface area contributed by atoms with Crippen LogP contribution in [0, 0.1) is 0 Å². The summed E-state index contributed by atoms with van der Waals surface area (Å²) in [4.78, 5) is 13.3. The van der Waals surface area contributed by atoms with E-state index in [0.717, 1.165) is 41.3 Å². The molecule has 0 spiro atoms. The topological polar surface area (TPSA) is 77.4 Å². The highest BCUT2D eigenvalue weighted by molar-refractivity contribution is 7.98. The Morgan fingerprint density at radius 3 is 2.78 bits per heavy atom. The van der Waals surface area contributed by atoms with Crippen molar-refractivity contribution in [3.05, 3.63) is 84.2 Å². The van der Waals surface area contributed by atoms with Crippen LogP contribution in [-0.4, -0.2) is 35.6 Å². The molecule has 6 rings (SSSR count). The molecule has 8 heteroatoms. The van der Waals surface area contributed by atoms with E-state index in [4.69, 9.17) is 14.6 Å². The van der Waals surface area contributed by atoms with Gasteiger partial charge in [0.15, 0.2) is 11.5 Å². The predicted octanol–water partition coefficient (Wildman–Crippen LogP) is 5.52. The summed E-state index contributed by atoms with van der Waals surface area (Å²) in [6, 6.07) is 20.2. The number of ether oxygens (including phenoxy) is 2. The lowest BCUT2D eigenvalue weighted by Crippen LogP contribution is -2.31. The van der Waals surface area contributed by atoms with Gasteiger partial charge in [-0.15, -0.1) is 0 Å². The van der Waals surface area contributed by atoms with Gasteiger partial charge in [0.25, 0.3) is 0 Å². The van der Waals surface area contributed by atoms with E-state index in [-0.39, 0.29) is 6.03 Å². The van der Waals surface area contributed by atoms with Crippen molar-refractivity contribution in [2.24, 2.45) is 0 Å². The number of hydrogen-bond acceptors (Lipinski definition) is 5. The van der Waals surface area contributed by atoms with Gasteiger partial charge in [0.2, 0.25) is 0 Å². The Kier molecular flexibility index (Phi) is 6.26. The molecular weight excluding hydrogens is 472 g/mol. The zero-order valence-corrected chi connectivity index (χ0v) is 20.5. The van der Waals surface area contributed by atoms with Gasteiger partial charge in [0, 0.05) is 11.4 Å². The summed E-state index contributed by atoms with van der Waals surface area (Å²) < 4.78 is 16.0. The van der Waals surface area contributed by atoms with Crippen LogP contribution in [0.25, 0.3) is 22.0 Å². The van der Waals surface area contributed by atoms with Gasteiger partial charge in [-0.2, -0.15) is 5.10 Å². The lowest BCUT2D eigenvalue weighted by atomic mass is 9.92. The second-order valence-electron chi connectivity index (χ2n) is 8.76. The highest BCUT2D eigenvalue weighted by Gasteiger charge is 2.20. The molecule has 3 aromatic carbocycles. The minimum absolute atomic E-state index is 0.245. The molecule has 7 nitrogen and oxygen atoms in total. The summed E-state index contributed by atoms with van der Waals surface area (Å²) in [6.45, 7) is 1.52. The Morgan fingerprint density at radius 2 is 1.86 bits per heavy atom. The standard InChI is InChI=1S/C28H26N4O3S/c33-28(31-36-24-10-11-25-26(17-24)35-15-14-34-25)29-13-12-20-6-3-7-22-18-30-32(27(20)22)23-9-8-19-4-1-2-5-21(19)16-23/h1-2,4-5,8-12,16-18H,3,6-7,13-15H2,(H2,29,31,33)/b20-12-. The average Bonchev–Trinajstić information content (AvgIpc) is 3.37. The molecule has 1 aromatic heterocycles. The first kappa shape index (κ1) is 22.5. The van der Waals surface area contributed by atoms with Crippen LogP contribution in [0.5, 0.6) is 11.5 Å². The predicted molar refractivity (Wildman–Crippen MR) is 142 cm³/mol. The van der Waals surface area contributed by atoms with Crippen LogP contribution in [0.4, 0.5) is 4.79 Å². The van der Waals surface area contributed by atoms with Gasteiger partial charge >= 0.3 is 6.03 Å². The third-order valence-electron chi connectivity index (χ3n) is 6.41. The molecule has 0 radical (unpaired) electrons. The minimum Gasteiger partial charge on any atom is -0.486 e. The van der Waals surface area contributed by atoms with Gasteiger partial charge in [0.1, 0.15) is 13.2 Å². The molecule has 182 valence electrons. The van der Waals surface area contributed by atoms with Crippen molar-refractivity contribution in [3.8, 4) is 17.2 Å². The fourth-order valence-corrected chi connectivity index (χ4v) is 5.28. The zero-order chi connectivity index (χ0) is 24.3. The van der Waals surface area contributed by atoms with Crippen molar-refractivity contribution in [2.45, 2.75) is 24.2 Å². The van der Waals surface area contributed by atoms with Crippen molar-refractivity contribution in [3.63, 3.8) is 0 Å². The maximum Gasteiger partial charge on any atom is 0.325 e. The number of nitrogens with zero attached hydrogens (tertiary/aromatic N) is 2. The Balaban J connectivity index is 1.12. The zero-order valence-electron chi connectivity index (χ0n) is 19.7. The smallest absolute Gasteiger partial charge is 0.325 e. The van der Waals surface area contributed by atoms with E-state index in [1.54, 1.807) is 0 Å². The SMILES string of the molecule is O=C(NC/C=C1/CCCc2cnn(-c3ccc4ccccc4c3)c21)NSc1ccc2c(c1)OCCO2. The summed E-state index contributed by atoms with van der Waals surface area (Å²) in [5, 5.41) is 10.1. The quantitative estimate of drug-likeness (QED) is 0.354. The van der Waals surface area contributed by atoms with Crippen LogP contribution >= 0.6 is 11.9 Å². The Labute approximate surface area is 213 Å². The number of carbonyl (C=O) groups is 1. The number of nitrogens with one attached hydrogen (secondary N) is 2. The fourth-order valence-electron chi connectivity index (χ4n) is 4.69. The second-order valence-corrected chi connectivity index (χ2v) is 9.64. The first-order valence-corrected chi connectivity index (χ1v) is 12.9. The van der Waals surface area contributed by atoms with Crippen molar-refractivity contribution < 1.29 is 14.3 Å². The molecule has 0 atom stereocenters. The fraction of sp³-hybridized carbons (Fsp3) is 0.214. The lowest BCUT2D eigenvalue weighted by molar-refractivity contribution is 0.171. The van der Waals surface area contributed by atoms with Crippen LogP contribution < -0.4 is 19.5 Å². The Morgan fingerprint density at radius 1 is 1.00 bits per heavy atom. The number of amides is 2. The van der Waals surface area contributed by atoms with E-state index in [9.17, 15) is 4.79 Å². The summed E-state index contributed by atoms with van der Waals surface area (Å²) >= 11 is 1.25. The van der Waals surface area contributed by atoms with Crippen molar-refractivity contribution in [1.82, 2.24) is 19.8 Å². The second kappa shape index (κ2) is 9.99. The van der Waals surface area contributed by atoms with Gasteiger partial charge in [-0.05, 0) is 83.5 Å². The number of allylic oxidation sites excluding steroid dienone is 1. The first-order valence-electron chi connectivity index (χ1n) is 12.1. The number of urea groups is 1. The number of rotatable bonds is 5. The highest BCUT2D eigenvalue weighted by atomic mass is 32.2. The molecule has 1 aliphatic carbocycles. The highest BCUT2D eigenvalue weighted by Crippen LogP contribution is 2.34. The molecule has 2 heterocycles. The third kappa shape index (κ3) is 4.64. The number of aromatic nitrogens is 2. The maximum absolute atomic E-state index is 12.4. The van der Waals surface area contributed by atoms with E-state index in [2.05, 4.69) is 58.6 Å². The van der Waals surface area contributed by atoms with Gasteiger partial charge in [-0.1, -0.05) is 36.4 Å². The molecule has 2 amide bonds. The number of carbonyl (C=O) groups excluding carboxylic acids is 1. The third-order valence-corrected chi connectivity index (χ3v) is 7.18. The average molecular weight is 499 g/mol. The minimum atomic E-state index is -0.245. The molecule has 0 saturated carbocycles. The monoisotopic (exact) mass is 498 g/mol. The molecule has 1 aliphatic heterocycles. The Hall–Kier alpha value is -3.91. The number of hydrogen-bond donors (Lipinski definition) is 2. The van der Waals surface area contributed by atoms with Crippen molar-refractivity contribution >= 4 is 34.3 Å². The van der Waals surface area contributed by atoms with E-state index >= 15 is 0 Å². The number of benzene rings is 3. The molecule has 0 unspecified atom stereocenters. The van der Waals surface area contributed by atoms with Gasteiger partial charge < -0.3 is 14.8 Å². The van der Waals surface area contributed by atoms with Crippen LogP contribution in [-0.2, 0) is 6.42 Å². The van der Waals surface area contributed by atoms with Crippen LogP contribution in [0.15, 0.2) is 77.8 Å². The largest absolute Gasteiger partial charge is 0.486 e. The van der Waals surface area contributed by atoms with Crippen molar-refractivity contribution in [2.75, 3.05) is 19.8 Å². The summed E-state index contributed by atoms with van der Waals surface area (Å²) in [5.74, 6) is 1.44. The van der Waals surface area contributed by atoms with Crippen LogP contribution in [0.2, 0.25) is 0 Å². The van der Waals surface area contributed by atoms with E-state index in [0.29, 0.717) is 25.5 Å². The molecule has 0 fully saturated rings. The molecule has 4 aromatic rings. The normalized spacial score (nSPS) is 15.5. The molecular formula is C28H26N4O3S. The maximum atomic E-state index is 12.4. The van der Waals surface area contributed by atoms with Gasteiger partial charge in [-0.25, -0.2) is 9.48 Å².